The Balaban J connectivity index is -0.000000475. The minimum absolute atomic E-state index is 0.340. The molecule has 36 heavy (non-hydrogen) atoms. The van der Waals surface area contributed by atoms with Gasteiger partial charge in [0.05, 0.1) is 19.5 Å². The first kappa shape index (κ1) is 39.5. The Hall–Kier alpha value is -1.06. The summed E-state index contributed by atoms with van der Waals surface area (Å²) in [5, 5.41) is 0. The van der Waals surface area contributed by atoms with E-state index in [0.717, 1.165) is 31.9 Å². The highest BCUT2D eigenvalue weighted by molar-refractivity contribution is 6.65. The molecule has 0 saturated heterocycles. The van der Waals surface area contributed by atoms with Gasteiger partial charge in [0.15, 0.2) is 0 Å². The molecular formula is C25H54O9Si2. The highest BCUT2D eigenvalue weighted by atomic mass is 28.4. The molecule has 0 atom stereocenters. The maximum atomic E-state index is 11.0. The second-order valence-corrected chi connectivity index (χ2v) is 13.2. The van der Waals surface area contributed by atoms with Crippen LogP contribution in [0.2, 0.25) is 12.6 Å². The van der Waals surface area contributed by atoms with Gasteiger partial charge in [-0.25, -0.2) is 4.79 Å². The highest BCUT2D eigenvalue weighted by Gasteiger charge is 2.44. The van der Waals surface area contributed by atoms with Gasteiger partial charge in [-0.15, -0.1) is 0 Å². The lowest BCUT2D eigenvalue weighted by Crippen LogP contribution is -2.49. The highest BCUT2D eigenvalue weighted by Crippen LogP contribution is 2.14. The van der Waals surface area contributed by atoms with E-state index in [1.165, 1.54) is 0 Å². The minimum atomic E-state index is -2.80. The van der Waals surface area contributed by atoms with Gasteiger partial charge in [0.2, 0.25) is 0 Å². The SMILES string of the molecule is C=C(C)C(=O)OCCC[Si](C)(OC)OC.CCC=COCCC.CCO[Si](OCC)(OCC)OCC. The summed E-state index contributed by atoms with van der Waals surface area (Å²) >= 11 is 0. The van der Waals surface area contributed by atoms with E-state index in [2.05, 4.69) is 20.4 Å². The van der Waals surface area contributed by atoms with E-state index in [1.54, 1.807) is 27.4 Å². The minimum Gasteiger partial charge on any atom is -0.502 e. The Morgan fingerprint density at radius 1 is 0.833 bits per heavy atom. The van der Waals surface area contributed by atoms with Crippen LogP contribution in [0.3, 0.4) is 0 Å². The molecule has 0 radical (unpaired) electrons. The smallest absolute Gasteiger partial charge is 0.502 e. The van der Waals surface area contributed by atoms with Crippen molar-refractivity contribution in [1.29, 1.82) is 0 Å². The molecule has 0 aromatic rings. The third-order valence-electron chi connectivity index (χ3n) is 4.26. The van der Waals surface area contributed by atoms with Gasteiger partial charge in [0, 0.05) is 46.2 Å². The molecule has 0 aliphatic heterocycles. The molecule has 0 aliphatic carbocycles. The van der Waals surface area contributed by atoms with Gasteiger partial charge in [-0.05, 0) is 66.5 Å². The molecule has 0 saturated carbocycles. The number of carbonyl (C=O) groups excluding carboxylic acids is 1. The van der Waals surface area contributed by atoms with Crippen LogP contribution in [0.15, 0.2) is 24.5 Å². The van der Waals surface area contributed by atoms with Gasteiger partial charge in [0.25, 0.3) is 0 Å². The average Bonchev–Trinajstić information content (AvgIpc) is 2.85. The number of hydrogen-bond donors (Lipinski definition) is 0. The van der Waals surface area contributed by atoms with Crippen LogP contribution >= 0.6 is 0 Å². The first-order valence-corrected chi connectivity index (χ1v) is 17.0. The van der Waals surface area contributed by atoms with Crippen molar-refractivity contribution in [1.82, 2.24) is 0 Å². The van der Waals surface area contributed by atoms with E-state index in [1.807, 2.05) is 40.3 Å². The van der Waals surface area contributed by atoms with Gasteiger partial charge >= 0.3 is 23.6 Å². The lowest BCUT2D eigenvalue weighted by atomic mass is 10.4. The summed E-state index contributed by atoms with van der Waals surface area (Å²) in [6, 6.07) is 0.809. The molecule has 9 nitrogen and oxygen atoms in total. The van der Waals surface area contributed by atoms with Gasteiger partial charge in [-0.1, -0.05) is 26.5 Å². The second-order valence-electron chi connectivity index (χ2n) is 7.44. The summed E-state index contributed by atoms with van der Waals surface area (Å²) in [6.07, 6.45) is 6.68. The van der Waals surface area contributed by atoms with Crippen LogP contribution in [-0.4, -0.2) is 77.4 Å². The first-order valence-electron chi connectivity index (χ1n) is 12.9. The largest absolute Gasteiger partial charge is 0.679 e. The molecule has 0 amide bonds. The van der Waals surface area contributed by atoms with Crippen molar-refractivity contribution in [3.63, 3.8) is 0 Å². The zero-order valence-electron chi connectivity index (χ0n) is 24.6. The Kier molecular flexibility index (Phi) is 29.6. The topological polar surface area (TPSA) is 90.9 Å². The number of allylic oxidation sites excluding steroid dienone is 1. The molecule has 0 N–H and O–H groups in total. The molecule has 216 valence electrons. The van der Waals surface area contributed by atoms with Crippen LogP contribution in [0.5, 0.6) is 0 Å². The number of hydrogen-bond acceptors (Lipinski definition) is 9. The third-order valence-corrected chi connectivity index (χ3v) is 9.81. The van der Waals surface area contributed by atoms with E-state index >= 15 is 0 Å². The van der Waals surface area contributed by atoms with Crippen LogP contribution in [0.25, 0.3) is 0 Å². The van der Waals surface area contributed by atoms with Crippen LogP contribution in [0.4, 0.5) is 0 Å². The van der Waals surface area contributed by atoms with E-state index in [9.17, 15) is 4.79 Å². The monoisotopic (exact) mass is 554 g/mol. The van der Waals surface area contributed by atoms with Crippen molar-refractivity contribution in [2.75, 3.05) is 53.9 Å². The molecule has 0 rings (SSSR count). The summed E-state index contributed by atoms with van der Waals surface area (Å²) in [5.41, 5.74) is 0.425. The fourth-order valence-corrected chi connectivity index (χ4v) is 5.55. The van der Waals surface area contributed by atoms with Gasteiger partial charge in [-0.2, -0.15) is 0 Å². The maximum Gasteiger partial charge on any atom is 0.679 e. The summed E-state index contributed by atoms with van der Waals surface area (Å²) < 4.78 is 42.3. The molecule has 0 heterocycles. The van der Waals surface area contributed by atoms with Crippen LogP contribution in [-0.2, 0) is 40.8 Å². The summed E-state index contributed by atoms with van der Waals surface area (Å²) in [4.78, 5) is 11.0. The van der Waals surface area contributed by atoms with Crippen molar-refractivity contribution < 1.29 is 40.8 Å². The summed E-state index contributed by atoms with van der Waals surface area (Å²) in [6.45, 7) is 22.3. The molecule has 0 aliphatic rings. The normalized spacial score (nSPS) is 11.3. The predicted octanol–water partition coefficient (Wildman–Crippen LogP) is 5.77. The second kappa shape index (κ2) is 27.0. The van der Waals surface area contributed by atoms with Gasteiger partial charge in [0.1, 0.15) is 0 Å². The van der Waals surface area contributed by atoms with E-state index in [-0.39, 0.29) is 5.97 Å². The quantitative estimate of drug-likeness (QED) is 0.0649. The van der Waals surface area contributed by atoms with Gasteiger partial charge < -0.3 is 36.0 Å². The number of esters is 1. The molecule has 0 unspecified atom stereocenters. The standard InChI is InChI=1S/C10H20O4Si.C8H20O4Si.C7H14O/c1-9(2)10(11)14-7-6-8-15(5,12-3)13-4;1-5-9-13(10-6-2,11-7-3)12-8-4;1-3-5-7-8-6-4-2/h1,6-8H2,2-5H3;5-8H2,1-4H3;5,7H,3-4,6H2,1-2H3. The fourth-order valence-electron chi connectivity index (χ4n) is 2.28. The number of carbonyl (C=O) groups is 1. The summed E-state index contributed by atoms with van der Waals surface area (Å²) in [5.74, 6) is -0.340. The number of rotatable bonds is 19. The zero-order chi connectivity index (χ0) is 28.3. The lowest BCUT2D eigenvalue weighted by Gasteiger charge is -2.26. The Bertz CT molecular complexity index is 512. The molecule has 0 spiro atoms. The molecule has 0 aromatic carbocycles. The van der Waals surface area contributed by atoms with Crippen molar-refractivity contribution in [2.24, 2.45) is 0 Å². The van der Waals surface area contributed by atoms with E-state index in [0.29, 0.717) is 38.6 Å². The van der Waals surface area contributed by atoms with Crippen molar-refractivity contribution >= 4 is 23.6 Å². The Labute approximate surface area is 223 Å². The predicted molar refractivity (Wildman–Crippen MR) is 149 cm³/mol. The average molecular weight is 555 g/mol. The number of ether oxygens (including phenoxy) is 2. The van der Waals surface area contributed by atoms with Crippen LogP contribution < -0.4 is 0 Å². The molecule has 0 bridgehead atoms. The van der Waals surface area contributed by atoms with Gasteiger partial charge in [-0.3, -0.25) is 0 Å². The van der Waals surface area contributed by atoms with Crippen molar-refractivity contribution in [3.8, 4) is 0 Å². The van der Waals surface area contributed by atoms with E-state index in [4.69, 9.17) is 36.0 Å². The first-order chi connectivity index (χ1) is 17.1. The lowest BCUT2D eigenvalue weighted by molar-refractivity contribution is -0.138. The van der Waals surface area contributed by atoms with Crippen LogP contribution in [0, 0.1) is 0 Å². The van der Waals surface area contributed by atoms with Crippen molar-refractivity contribution in [3.05, 3.63) is 24.5 Å². The van der Waals surface area contributed by atoms with Crippen LogP contribution in [0.1, 0.15) is 67.7 Å². The molecule has 0 fully saturated rings. The molecule has 11 heteroatoms. The Morgan fingerprint density at radius 3 is 1.64 bits per heavy atom. The summed E-state index contributed by atoms with van der Waals surface area (Å²) in [7, 11) is -1.51. The maximum absolute atomic E-state index is 11.0. The Morgan fingerprint density at radius 2 is 1.31 bits per heavy atom. The zero-order valence-corrected chi connectivity index (χ0v) is 26.6. The molecule has 0 aromatic heterocycles. The fraction of sp³-hybridized carbons (Fsp3) is 0.800. The molecular weight excluding hydrogens is 500 g/mol. The third kappa shape index (κ3) is 23.3. The van der Waals surface area contributed by atoms with Crippen molar-refractivity contribution in [2.45, 2.75) is 80.3 Å². The van der Waals surface area contributed by atoms with E-state index < -0.39 is 17.6 Å².